The van der Waals surface area contributed by atoms with Gasteiger partial charge in [0.15, 0.2) is 5.17 Å². The van der Waals surface area contributed by atoms with Gasteiger partial charge >= 0.3 is 0 Å². The zero-order valence-corrected chi connectivity index (χ0v) is 11.9. The van der Waals surface area contributed by atoms with Crippen LogP contribution in [0.3, 0.4) is 0 Å². The third kappa shape index (κ3) is 2.43. The summed E-state index contributed by atoms with van der Waals surface area (Å²) in [5.41, 5.74) is 1.65. The molecule has 3 rings (SSSR count). The molecule has 0 saturated heterocycles. The van der Waals surface area contributed by atoms with Crippen molar-refractivity contribution >= 4 is 34.4 Å². The fraction of sp³-hybridized carbons (Fsp3) is 0.357. The summed E-state index contributed by atoms with van der Waals surface area (Å²) < 4.78 is 0. The van der Waals surface area contributed by atoms with Crippen LogP contribution < -0.4 is 10.6 Å². The molecule has 2 aliphatic heterocycles. The van der Waals surface area contributed by atoms with Crippen LogP contribution in [0.2, 0.25) is 0 Å². The lowest BCUT2D eigenvalue weighted by molar-refractivity contribution is 0.0879. The van der Waals surface area contributed by atoms with Gasteiger partial charge in [0, 0.05) is 10.9 Å². The van der Waals surface area contributed by atoms with Crippen molar-refractivity contribution in [2.24, 2.45) is 4.99 Å². The number of fused-ring (bicyclic) bond motifs is 1. The first-order chi connectivity index (χ1) is 9.67. The van der Waals surface area contributed by atoms with Crippen molar-refractivity contribution in [2.75, 3.05) is 11.9 Å². The number of anilines is 1. The second kappa shape index (κ2) is 5.28. The zero-order chi connectivity index (χ0) is 14.1. The fourth-order valence-electron chi connectivity index (χ4n) is 2.33. The van der Waals surface area contributed by atoms with E-state index in [0.29, 0.717) is 16.4 Å². The number of amidine groups is 1. The molecular weight excluding hydrogens is 274 g/mol. The predicted octanol–water partition coefficient (Wildman–Crippen LogP) is 2.25. The highest BCUT2D eigenvalue weighted by atomic mass is 32.2. The van der Waals surface area contributed by atoms with E-state index >= 15 is 0 Å². The molecule has 0 saturated carbocycles. The molecule has 104 valence electrons. The van der Waals surface area contributed by atoms with E-state index in [-0.39, 0.29) is 11.8 Å². The molecule has 5 nitrogen and oxygen atoms in total. The molecule has 1 unspecified atom stereocenters. The molecule has 1 aromatic rings. The maximum absolute atomic E-state index is 11.6. The van der Waals surface area contributed by atoms with E-state index in [4.69, 9.17) is 0 Å². The molecular formula is C14H15N3O2S. The average Bonchev–Trinajstić information content (AvgIpc) is 2.96. The minimum absolute atomic E-state index is 0.327. The minimum atomic E-state index is -0.335. The Labute approximate surface area is 121 Å². The van der Waals surface area contributed by atoms with Crippen LogP contribution in [0.4, 0.5) is 5.69 Å². The second-order valence-corrected chi connectivity index (χ2v) is 6.13. The van der Waals surface area contributed by atoms with Crippen LogP contribution in [-0.2, 0) is 0 Å². The number of imide groups is 1. The number of hydrogen-bond donors (Lipinski definition) is 2. The first-order valence-corrected chi connectivity index (χ1v) is 7.53. The second-order valence-electron chi connectivity index (χ2n) is 4.84. The summed E-state index contributed by atoms with van der Waals surface area (Å²) >= 11 is 1.74. The van der Waals surface area contributed by atoms with E-state index in [2.05, 4.69) is 22.5 Å². The van der Waals surface area contributed by atoms with E-state index in [1.807, 2.05) is 0 Å². The lowest BCUT2D eigenvalue weighted by Crippen LogP contribution is -2.19. The van der Waals surface area contributed by atoms with Gasteiger partial charge < -0.3 is 5.32 Å². The van der Waals surface area contributed by atoms with Crippen LogP contribution in [0.25, 0.3) is 0 Å². The van der Waals surface area contributed by atoms with Gasteiger partial charge in [-0.1, -0.05) is 25.1 Å². The van der Waals surface area contributed by atoms with Crippen molar-refractivity contribution in [1.29, 1.82) is 0 Å². The summed E-state index contributed by atoms with van der Waals surface area (Å²) in [6.07, 6.45) is 2.31. The Kier molecular flexibility index (Phi) is 3.48. The van der Waals surface area contributed by atoms with Gasteiger partial charge in [-0.2, -0.15) is 0 Å². The quantitative estimate of drug-likeness (QED) is 0.837. The molecule has 0 fully saturated rings. The van der Waals surface area contributed by atoms with Gasteiger partial charge in [0.2, 0.25) is 0 Å². The summed E-state index contributed by atoms with van der Waals surface area (Å²) in [5.74, 6) is -0.661. The number of benzene rings is 1. The van der Waals surface area contributed by atoms with E-state index in [0.717, 1.165) is 30.2 Å². The van der Waals surface area contributed by atoms with Crippen molar-refractivity contribution in [3.63, 3.8) is 0 Å². The average molecular weight is 289 g/mol. The Bertz CT molecular complexity index is 612. The lowest BCUT2D eigenvalue weighted by Gasteiger charge is -2.08. The van der Waals surface area contributed by atoms with Gasteiger partial charge in [0.25, 0.3) is 11.8 Å². The number of carbonyl (C=O) groups is 2. The maximum Gasteiger partial charge on any atom is 0.259 e. The summed E-state index contributed by atoms with van der Waals surface area (Å²) in [6.45, 7) is 3.01. The summed E-state index contributed by atoms with van der Waals surface area (Å²) in [4.78, 5) is 27.5. The summed E-state index contributed by atoms with van der Waals surface area (Å²) in [5, 5.41) is 6.93. The molecule has 0 spiro atoms. The van der Waals surface area contributed by atoms with Crippen LogP contribution in [0.5, 0.6) is 0 Å². The monoisotopic (exact) mass is 289 g/mol. The van der Waals surface area contributed by atoms with E-state index in [9.17, 15) is 9.59 Å². The van der Waals surface area contributed by atoms with Crippen molar-refractivity contribution in [2.45, 2.75) is 25.0 Å². The Balaban J connectivity index is 1.72. The van der Waals surface area contributed by atoms with Crippen LogP contribution in [0, 0.1) is 0 Å². The third-order valence-corrected chi connectivity index (χ3v) is 4.49. The molecule has 0 radical (unpaired) electrons. The largest absolute Gasteiger partial charge is 0.335 e. The SMILES string of the molecule is CCCC1CN=C(Nc2ccc3c(c2)C(=O)NC3=O)S1. The topological polar surface area (TPSA) is 70.6 Å². The predicted molar refractivity (Wildman–Crippen MR) is 80.5 cm³/mol. The normalized spacial score (nSPS) is 20.6. The third-order valence-electron chi connectivity index (χ3n) is 3.31. The molecule has 6 heteroatoms. The highest BCUT2D eigenvalue weighted by Crippen LogP contribution is 2.27. The van der Waals surface area contributed by atoms with Gasteiger partial charge in [-0.3, -0.25) is 19.9 Å². The molecule has 1 aromatic carbocycles. The van der Waals surface area contributed by atoms with Crippen molar-refractivity contribution < 1.29 is 9.59 Å². The van der Waals surface area contributed by atoms with Crippen molar-refractivity contribution in [3.8, 4) is 0 Å². The molecule has 0 aliphatic carbocycles. The zero-order valence-electron chi connectivity index (χ0n) is 11.1. The number of nitrogens with zero attached hydrogens (tertiary/aromatic N) is 1. The van der Waals surface area contributed by atoms with Crippen LogP contribution >= 0.6 is 11.8 Å². The lowest BCUT2D eigenvalue weighted by atomic mass is 10.1. The maximum atomic E-state index is 11.6. The number of amides is 2. The number of aliphatic imine (C=N–C) groups is 1. The van der Waals surface area contributed by atoms with Crippen LogP contribution in [-0.4, -0.2) is 28.8 Å². The van der Waals surface area contributed by atoms with Gasteiger partial charge in [0.1, 0.15) is 0 Å². The smallest absolute Gasteiger partial charge is 0.259 e. The van der Waals surface area contributed by atoms with Gasteiger partial charge in [0.05, 0.1) is 17.7 Å². The van der Waals surface area contributed by atoms with Gasteiger partial charge in [-0.15, -0.1) is 0 Å². The Morgan fingerprint density at radius 3 is 2.95 bits per heavy atom. The highest BCUT2D eigenvalue weighted by Gasteiger charge is 2.27. The number of hydrogen-bond acceptors (Lipinski definition) is 5. The standard InChI is InChI=1S/C14H15N3O2S/c1-2-3-9-7-15-14(20-9)16-8-4-5-10-11(6-8)13(19)17-12(10)18/h4-6,9H,2-3,7H2,1H3,(H,15,16)(H,17,18,19). The van der Waals surface area contributed by atoms with Crippen molar-refractivity contribution in [1.82, 2.24) is 5.32 Å². The number of rotatable bonds is 3. The molecule has 0 bridgehead atoms. The molecule has 2 heterocycles. The van der Waals surface area contributed by atoms with E-state index < -0.39 is 0 Å². The first-order valence-electron chi connectivity index (χ1n) is 6.65. The van der Waals surface area contributed by atoms with Gasteiger partial charge in [-0.05, 0) is 24.6 Å². The highest BCUT2D eigenvalue weighted by molar-refractivity contribution is 8.15. The van der Waals surface area contributed by atoms with Crippen LogP contribution in [0.1, 0.15) is 40.5 Å². The fourth-order valence-corrected chi connectivity index (χ4v) is 3.47. The Hall–Kier alpha value is -1.82. The summed E-state index contributed by atoms with van der Waals surface area (Å²) in [7, 11) is 0. The Morgan fingerprint density at radius 1 is 1.35 bits per heavy atom. The van der Waals surface area contributed by atoms with E-state index in [1.54, 1.807) is 30.0 Å². The molecule has 2 aliphatic rings. The van der Waals surface area contributed by atoms with E-state index in [1.165, 1.54) is 0 Å². The first kappa shape index (κ1) is 13.2. The van der Waals surface area contributed by atoms with Crippen molar-refractivity contribution in [3.05, 3.63) is 29.3 Å². The van der Waals surface area contributed by atoms with Gasteiger partial charge in [-0.25, -0.2) is 0 Å². The van der Waals surface area contributed by atoms with Crippen LogP contribution in [0.15, 0.2) is 23.2 Å². The molecule has 20 heavy (non-hydrogen) atoms. The molecule has 2 N–H and O–H groups in total. The molecule has 1 atom stereocenters. The minimum Gasteiger partial charge on any atom is -0.335 e. The molecule has 0 aromatic heterocycles. The number of carbonyl (C=O) groups excluding carboxylic acids is 2. The number of nitrogens with one attached hydrogen (secondary N) is 2. The molecule has 2 amide bonds. The number of thioether (sulfide) groups is 1. The summed E-state index contributed by atoms with van der Waals surface area (Å²) in [6, 6.07) is 5.17. The Morgan fingerprint density at radius 2 is 2.15 bits per heavy atom.